The summed E-state index contributed by atoms with van der Waals surface area (Å²) in [5, 5.41) is 12.9. The van der Waals surface area contributed by atoms with E-state index < -0.39 is 5.54 Å². The zero-order valence-electron chi connectivity index (χ0n) is 13.4. The van der Waals surface area contributed by atoms with Crippen LogP contribution in [-0.4, -0.2) is 32.1 Å². The van der Waals surface area contributed by atoms with Crippen LogP contribution in [0.1, 0.15) is 32.8 Å². The summed E-state index contributed by atoms with van der Waals surface area (Å²) in [5.41, 5.74) is 0.707. The van der Waals surface area contributed by atoms with Gasteiger partial charge in [0.25, 0.3) is 0 Å². The molecule has 3 heteroatoms. The minimum Gasteiger partial charge on any atom is -0.306 e. The minimum absolute atomic E-state index is 0.274. The molecule has 0 heterocycles. The first-order valence-electron chi connectivity index (χ1n) is 7.17. The Hall–Kier alpha value is -1.37. The van der Waals surface area contributed by atoms with Gasteiger partial charge in [-0.15, -0.1) is 0 Å². The van der Waals surface area contributed by atoms with Gasteiger partial charge < -0.3 is 4.90 Å². The van der Waals surface area contributed by atoms with Crippen molar-refractivity contribution in [2.45, 2.75) is 32.7 Å². The predicted octanol–water partition coefficient (Wildman–Crippen LogP) is 2.99. The molecule has 0 fully saturated rings. The fourth-order valence-electron chi connectivity index (χ4n) is 2.56. The van der Waals surface area contributed by atoms with Crippen LogP contribution in [0.15, 0.2) is 30.3 Å². The summed E-state index contributed by atoms with van der Waals surface area (Å²) < 4.78 is 0. The third kappa shape index (κ3) is 4.63. The van der Waals surface area contributed by atoms with Gasteiger partial charge in [0.1, 0.15) is 5.54 Å². The van der Waals surface area contributed by atoms with E-state index in [1.165, 1.54) is 0 Å². The van der Waals surface area contributed by atoms with Crippen LogP contribution < -0.4 is 5.32 Å². The minimum atomic E-state index is -0.604. The van der Waals surface area contributed by atoms with E-state index in [1.807, 2.05) is 37.4 Å². The van der Waals surface area contributed by atoms with Gasteiger partial charge in [0, 0.05) is 13.1 Å². The number of hydrogen-bond acceptors (Lipinski definition) is 3. The first kappa shape index (κ1) is 16.7. The fourth-order valence-corrected chi connectivity index (χ4v) is 2.56. The molecule has 0 spiro atoms. The average molecular weight is 273 g/mol. The number of benzene rings is 1. The van der Waals surface area contributed by atoms with Gasteiger partial charge in [0.15, 0.2) is 0 Å². The van der Waals surface area contributed by atoms with E-state index in [4.69, 9.17) is 0 Å². The van der Waals surface area contributed by atoms with Crippen LogP contribution in [0.4, 0.5) is 0 Å². The maximum atomic E-state index is 9.64. The normalized spacial score (nSPS) is 14.8. The first-order chi connectivity index (χ1) is 9.33. The molecular weight excluding hydrogens is 246 g/mol. The highest BCUT2D eigenvalue weighted by molar-refractivity contribution is 5.31. The molecule has 0 aliphatic heterocycles. The van der Waals surface area contributed by atoms with E-state index in [2.05, 4.69) is 44.1 Å². The largest absolute Gasteiger partial charge is 0.306 e. The number of nitrogens with zero attached hydrogens (tertiary/aromatic N) is 2. The molecule has 0 saturated carbocycles. The van der Waals surface area contributed by atoms with E-state index in [1.54, 1.807) is 0 Å². The van der Waals surface area contributed by atoms with Crippen LogP contribution >= 0.6 is 0 Å². The van der Waals surface area contributed by atoms with E-state index in [9.17, 15) is 5.26 Å². The Morgan fingerprint density at radius 1 is 1.20 bits per heavy atom. The van der Waals surface area contributed by atoms with Gasteiger partial charge in [-0.3, -0.25) is 5.32 Å². The second-order valence-electron chi connectivity index (χ2n) is 6.68. The van der Waals surface area contributed by atoms with Crippen molar-refractivity contribution in [1.82, 2.24) is 10.2 Å². The lowest BCUT2D eigenvalue weighted by molar-refractivity contribution is 0.210. The maximum Gasteiger partial charge on any atom is 0.133 e. The molecule has 3 nitrogen and oxygen atoms in total. The van der Waals surface area contributed by atoms with Crippen molar-refractivity contribution < 1.29 is 0 Å². The van der Waals surface area contributed by atoms with E-state index in [0.717, 1.165) is 25.1 Å². The average Bonchev–Trinajstić information content (AvgIpc) is 2.40. The summed E-state index contributed by atoms with van der Waals surface area (Å²) in [6.45, 7) is 8.61. The molecule has 1 rings (SSSR count). The molecule has 1 aromatic rings. The van der Waals surface area contributed by atoms with Crippen molar-refractivity contribution in [2.24, 2.45) is 5.41 Å². The molecule has 110 valence electrons. The summed E-state index contributed by atoms with van der Waals surface area (Å²) in [6.07, 6.45) is 0.774. The van der Waals surface area contributed by atoms with Crippen molar-refractivity contribution in [1.29, 1.82) is 5.26 Å². The summed E-state index contributed by atoms with van der Waals surface area (Å²) >= 11 is 0. The van der Waals surface area contributed by atoms with Gasteiger partial charge in [-0.25, -0.2) is 0 Å². The third-order valence-electron chi connectivity index (χ3n) is 3.50. The molecule has 1 atom stereocenters. The Morgan fingerprint density at radius 2 is 1.80 bits per heavy atom. The number of rotatable bonds is 6. The zero-order valence-corrected chi connectivity index (χ0v) is 13.4. The highest BCUT2D eigenvalue weighted by atomic mass is 15.1. The van der Waals surface area contributed by atoms with E-state index >= 15 is 0 Å². The lowest BCUT2D eigenvalue weighted by Crippen LogP contribution is -2.42. The Morgan fingerprint density at radius 3 is 2.25 bits per heavy atom. The summed E-state index contributed by atoms with van der Waals surface area (Å²) in [4.78, 5) is 2.30. The van der Waals surface area contributed by atoms with Crippen molar-refractivity contribution in [3.63, 3.8) is 0 Å². The van der Waals surface area contributed by atoms with Gasteiger partial charge in [-0.1, -0.05) is 51.1 Å². The lowest BCUT2D eigenvalue weighted by Gasteiger charge is -2.31. The van der Waals surface area contributed by atoms with Crippen molar-refractivity contribution in [2.75, 3.05) is 27.2 Å². The SMILES string of the molecule is CNC(C#N)(CCN(C)CC(C)(C)C)c1ccccc1. The summed E-state index contributed by atoms with van der Waals surface area (Å²) in [6, 6.07) is 12.4. The Balaban J connectivity index is 2.77. The second kappa shape index (κ2) is 6.88. The van der Waals surface area contributed by atoms with Gasteiger partial charge in [-0.2, -0.15) is 5.26 Å². The predicted molar refractivity (Wildman–Crippen MR) is 84.4 cm³/mol. The van der Waals surface area contributed by atoms with Crippen molar-refractivity contribution in [3.05, 3.63) is 35.9 Å². The van der Waals surface area contributed by atoms with Crippen LogP contribution in [0.25, 0.3) is 0 Å². The molecule has 0 aliphatic carbocycles. The molecule has 0 amide bonds. The Bertz CT molecular complexity index is 442. The summed E-state index contributed by atoms with van der Waals surface area (Å²) in [5.74, 6) is 0. The quantitative estimate of drug-likeness (QED) is 0.866. The molecule has 0 saturated heterocycles. The third-order valence-corrected chi connectivity index (χ3v) is 3.50. The number of nitriles is 1. The Kier molecular flexibility index (Phi) is 5.74. The monoisotopic (exact) mass is 273 g/mol. The number of nitrogens with one attached hydrogen (secondary N) is 1. The van der Waals surface area contributed by atoms with Crippen molar-refractivity contribution >= 4 is 0 Å². The molecule has 1 N–H and O–H groups in total. The molecular formula is C17H27N3. The van der Waals surface area contributed by atoms with Crippen LogP contribution in [0.3, 0.4) is 0 Å². The molecule has 0 bridgehead atoms. The first-order valence-corrected chi connectivity index (χ1v) is 7.17. The van der Waals surface area contributed by atoms with Crippen LogP contribution in [0.2, 0.25) is 0 Å². The van der Waals surface area contributed by atoms with Gasteiger partial charge in [-0.05, 0) is 31.5 Å². The van der Waals surface area contributed by atoms with Crippen LogP contribution in [0, 0.1) is 16.7 Å². The van der Waals surface area contributed by atoms with Gasteiger partial charge in [0.05, 0.1) is 6.07 Å². The molecule has 0 radical (unpaired) electrons. The van der Waals surface area contributed by atoms with Gasteiger partial charge >= 0.3 is 0 Å². The molecule has 0 aliphatic rings. The molecule has 1 aromatic carbocycles. The van der Waals surface area contributed by atoms with Crippen molar-refractivity contribution in [3.8, 4) is 6.07 Å². The molecule has 20 heavy (non-hydrogen) atoms. The highest BCUT2D eigenvalue weighted by Crippen LogP contribution is 2.25. The van der Waals surface area contributed by atoms with E-state index in [0.29, 0.717) is 0 Å². The Labute approximate surface area is 123 Å². The zero-order chi connectivity index (χ0) is 15.2. The molecule has 0 aromatic heterocycles. The van der Waals surface area contributed by atoms with E-state index in [-0.39, 0.29) is 5.41 Å². The van der Waals surface area contributed by atoms with Crippen LogP contribution in [0.5, 0.6) is 0 Å². The van der Waals surface area contributed by atoms with Crippen LogP contribution in [-0.2, 0) is 5.54 Å². The summed E-state index contributed by atoms with van der Waals surface area (Å²) in [7, 11) is 3.98. The lowest BCUT2D eigenvalue weighted by atomic mass is 9.87. The molecule has 1 unspecified atom stereocenters. The second-order valence-corrected chi connectivity index (χ2v) is 6.68. The standard InChI is InChI=1S/C17H27N3/c1-16(2,3)14-20(5)12-11-17(13-18,19-4)15-9-7-6-8-10-15/h6-10,19H,11-12,14H2,1-5H3. The fraction of sp³-hybridized carbons (Fsp3) is 0.588. The smallest absolute Gasteiger partial charge is 0.133 e. The highest BCUT2D eigenvalue weighted by Gasteiger charge is 2.30. The van der Waals surface area contributed by atoms with Gasteiger partial charge in [0.2, 0.25) is 0 Å². The number of hydrogen-bond donors (Lipinski definition) is 1. The maximum absolute atomic E-state index is 9.64. The topological polar surface area (TPSA) is 39.1 Å².